The van der Waals surface area contributed by atoms with Crippen LogP contribution in [0, 0.1) is 11.6 Å². The van der Waals surface area contributed by atoms with Crippen molar-refractivity contribution < 1.29 is 8.78 Å². The molecule has 1 aromatic carbocycles. The van der Waals surface area contributed by atoms with Crippen LogP contribution in [-0.2, 0) is 6.54 Å². The highest BCUT2D eigenvalue weighted by molar-refractivity contribution is 7.99. The molecule has 0 aliphatic carbocycles. The predicted octanol–water partition coefficient (Wildman–Crippen LogP) is 4.88. The summed E-state index contributed by atoms with van der Waals surface area (Å²) in [6.07, 6.45) is 5.50. The number of imidazole rings is 1. The average Bonchev–Trinajstić information content (AvgIpc) is 2.90. The number of hydrogen-bond acceptors (Lipinski definition) is 3. The molecule has 0 amide bonds. The first-order valence-corrected chi connectivity index (χ1v) is 8.43. The van der Waals surface area contributed by atoms with Gasteiger partial charge in [-0.05, 0) is 29.7 Å². The van der Waals surface area contributed by atoms with E-state index in [0.717, 1.165) is 17.3 Å². The monoisotopic (exact) mass is 345 g/mol. The van der Waals surface area contributed by atoms with Gasteiger partial charge in [0, 0.05) is 29.6 Å². The van der Waals surface area contributed by atoms with Crippen LogP contribution in [0.5, 0.6) is 0 Å². The van der Waals surface area contributed by atoms with Crippen LogP contribution < -0.4 is 0 Å². The zero-order chi connectivity index (χ0) is 17.1. The fraction of sp³-hybridized carbons (Fsp3) is 0.222. The molecule has 0 aliphatic heterocycles. The first kappa shape index (κ1) is 16.6. The van der Waals surface area contributed by atoms with Crippen LogP contribution in [0.25, 0.3) is 0 Å². The van der Waals surface area contributed by atoms with Crippen molar-refractivity contribution in [3.05, 3.63) is 71.8 Å². The van der Waals surface area contributed by atoms with E-state index in [1.807, 2.05) is 22.9 Å². The van der Waals surface area contributed by atoms with Gasteiger partial charge in [0.2, 0.25) is 0 Å². The molecule has 3 aromatic rings. The highest BCUT2D eigenvalue weighted by Crippen LogP contribution is 2.30. The minimum absolute atomic E-state index is 0.267. The lowest BCUT2D eigenvalue weighted by Crippen LogP contribution is -2.00. The lowest BCUT2D eigenvalue weighted by atomic mass is 10.2. The lowest BCUT2D eigenvalue weighted by molar-refractivity contribution is 0.577. The van der Waals surface area contributed by atoms with E-state index in [0.29, 0.717) is 16.6 Å². The van der Waals surface area contributed by atoms with Crippen LogP contribution in [0.15, 0.2) is 59.0 Å². The van der Waals surface area contributed by atoms with Gasteiger partial charge in [-0.3, -0.25) is 4.98 Å². The predicted molar refractivity (Wildman–Crippen MR) is 90.1 cm³/mol. The molecule has 2 aromatic heterocycles. The Kier molecular flexibility index (Phi) is 4.94. The van der Waals surface area contributed by atoms with Crippen LogP contribution in [0.4, 0.5) is 8.78 Å². The number of nitrogens with zero attached hydrogens (tertiary/aromatic N) is 3. The second-order valence-electron chi connectivity index (χ2n) is 5.80. The standard InChI is InChI=1S/C18H17F2N3S/c1-12(2)17-11-23(10-13-4-3-5-21-9-13)18(22-17)24-16-7-14(19)6-15(20)8-16/h3-9,11-12H,10H2,1-2H3. The third-order valence-corrected chi connectivity index (χ3v) is 4.45. The van der Waals surface area contributed by atoms with Crippen molar-refractivity contribution in [3.8, 4) is 0 Å². The molecule has 0 radical (unpaired) electrons. The number of hydrogen-bond donors (Lipinski definition) is 0. The average molecular weight is 345 g/mol. The van der Waals surface area contributed by atoms with E-state index in [9.17, 15) is 8.78 Å². The topological polar surface area (TPSA) is 30.7 Å². The van der Waals surface area contributed by atoms with Gasteiger partial charge in [-0.25, -0.2) is 13.8 Å². The van der Waals surface area contributed by atoms with E-state index in [1.54, 1.807) is 12.4 Å². The van der Waals surface area contributed by atoms with Gasteiger partial charge in [0.25, 0.3) is 0 Å². The van der Waals surface area contributed by atoms with Gasteiger partial charge in [0.1, 0.15) is 11.6 Å². The fourth-order valence-electron chi connectivity index (χ4n) is 2.27. The fourth-order valence-corrected chi connectivity index (χ4v) is 3.21. The molecule has 0 atom stereocenters. The Labute approximate surface area is 143 Å². The Morgan fingerprint density at radius 1 is 1.17 bits per heavy atom. The van der Waals surface area contributed by atoms with E-state index in [2.05, 4.69) is 23.8 Å². The molecule has 0 fully saturated rings. The van der Waals surface area contributed by atoms with Crippen LogP contribution in [0.3, 0.4) is 0 Å². The van der Waals surface area contributed by atoms with Gasteiger partial charge >= 0.3 is 0 Å². The molecule has 0 saturated carbocycles. The van der Waals surface area contributed by atoms with Gasteiger partial charge in [0.15, 0.2) is 5.16 Å². The Bertz CT molecular complexity index is 811. The first-order chi connectivity index (χ1) is 11.5. The number of pyridine rings is 1. The quantitative estimate of drug-likeness (QED) is 0.660. The minimum Gasteiger partial charge on any atom is -0.321 e. The number of benzene rings is 1. The zero-order valence-corrected chi connectivity index (χ0v) is 14.2. The third kappa shape index (κ3) is 4.00. The molecule has 6 heteroatoms. The maximum atomic E-state index is 13.4. The van der Waals surface area contributed by atoms with E-state index >= 15 is 0 Å². The Morgan fingerprint density at radius 2 is 1.92 bits per heavy atom. The van der Waals surface area contributed by atoms with E-state index in [4.69, 9.17) is 0 Å². The summed E-state index contributed by atoms with van der Waals surface area (Å²) < 4.78 is 28.8. The van der Waals surface area contributed by atoms with Gasteiger partial charge in [0.05, 0.1) is 12.2 Å². The number of halogens is 2. The maximum absolute atomic E-state index is 13.4. The van der Waals surface area contributed by atoms with E-state index in [1.165, 1.54) is 23.9 Å². The Balaban J connectivity index is 1.93. The number of rotatable bonds is 5. The van der Waals surface area contributed by atoms with Gasteiger partial charge in [-0.1, -0.05) is 31.7 Å². The summed E-state index contributed by atoms with van der Waals surface area (Å²) in [5, 5.41) is 0.701. The van der Waals surface area contributed by atoms with E-state index in [-0.39, 0.29) is 5.92 Å². The van der Waals surface area contributed by atoms with Crippen molar-refractivity contribution in [2.75, 3.05) is 0 Å². The molecule has 24 heavy (non-hydrogen) atoms. The van der Waals surface area contributed by atoms with Crippen molar-refractivity contribution in [2.24, 2.45) is 0 Å². The molecule has 3 nitrogen and oxygen atoms in total. The summed E-state index contributed by atoms with van der Waals surface area (Å²) in [4.78, 5) is 9.23. The number of aromatic nitrogens is 3. The molecule has 0 spiro atoms. The summed E-state index contributed by atoms with van der Waals surface area (Å²) in [5.74, 6) is -0.914. The van der Waals surface area contributed by atoms with Crippen molar-refractivity contribution in [1.29, 1.82) is 0 Å². The zero-order valence-electron chi connectivity index (χ0n) is 13.4. The van der Waals surface area contributed by atoms with Crippen LogP contribution in [0.2, 0.25) is 0 Å². The van der Waals surface area contributed by atoms with Crippen LogP contribution in [0.1, 0.15) is 31.0 Å². The second kappa shape index (κ2) is 7.13. The SMILES string of the molecule is CC(C)c1cn(Cc2cccnc2)c(Sc2cc(F)cc(F)c2)n1. The minimum atomic E-state index is -0.591. The largest absolute Gasteiger partial charge is 0.321 e. The van der Waals surface area contributed by atoms with E-state index < -0.39 is 11.6 Å². The van der Waals surface area contributed by atoms with Gasteiger partial charge in [-0.15, -0.1) is 0 Å². The van der Waals surface area contributed by atoms with Gasteiger partial charge in [-0.2, -0.15) is 0 Å². The van der Waals surface area contributed by atoms with Crippen molar-refractivity contribution in [1.82, 2.24) is 14.5 Å². The molecule has 124 valence electrons. The van der Waals surface area contributed by atoms with Crippen molar-refractivity contribution in [2.45, 2.75) is 36.4 Å². The molecular weight excluding hydrogens is 328 g/mol. The molecule has 0 saturated heterocycles. The molecule has 0 unspecified atom stereocenters. The Morgan fingerprint density at radius 3 is 2.54 bits per heavy atom. The van der Waals surface area contributed by atoms with Crippen molar-refractivity contribution in [3.63, 3.8) is 0 Å². The maximum Gasteiger partial charge on any atom is 0.173 e. The molecule has 2 heterocycles. The highest BCUT2D eigenvalue weighted by Gasteiger charge is 2.13. The Hall–Kier alpha value is -2.21. The second-order valence-corrected chi connectivity index (χ2v) is 6.84. The summed E-state index contributed by atoms with van der Waals surface area (Å²) in [7, 11) is 0. The highest BCUT2D eigenvalue weighted by atomic mass is 32.2. The molecule has 3 rings (SSSR count). The van der Waals surface area contributed by atoms with Crippen LogP contribution >= 0.6 is 11.8 Å². The summed E-state index contributed by atoms with van der Waals surface area (Å²) in [6, 6.07) is 7.35. The van der Waals surface area contributed by atoms with Crippen LogP contribution in [-0.4, -0.2) is 14.5 Å². The first-order valence-electron chi connectivity index (χ1n) is 7.61. The van der Waals surface area contributed by atoms with Crippen molar-refractivity contribution >= 4 is 11.8 Å². The summed E-state index contributed by atoms with van der Waals surface area (Å²) in [5.41, 5.74) is 1.98. The normalized spacial score (nSPS) is 11.2. The molecule has 0 bridgehead atoms. The molecular formula is C18H17F2N3S. The molecule has 0 aliphatic rings. The molecule has 0 N–H and O–H groups in total. The third-order valence-electron chi connectivity index (χ3n) is 3.47. The lowest BCUT2D eigenvalue weighted by Gasteiger charge is -2.07. The summed E-state index contributed by atoms with van der Waals surface area (Å²) in [6.45, 7) is 4.73. The smallest absolute Gasteiger partial charge is 0.173 e. The summed E-state index contributed by atoms with van der Waals surface area (Å²) >= 11 is 1.25. The van der Waals surface area contributed by atoms with Gasteiger partial charge < -0.3 is 4.57 Å².